The van der Waals surface area contributed by atoms with Crippen molar-refractivity contribution >= 4 is 31.0 Å². The molecule has 0 heterocycles. The number of carbonyl (C=O) groups excluding carboxylic acids is 1. The van der Waals surface area contributed by atoms with Crippen molar-refractivity contribution in [3.8, 4) is 5.75 Å². The average molecular weight is 494 g/mol. The van der Waals surface area contributed by atoms with Crippen molar-refractivity contribution in [3.05, 3.63) is 58.1 Å². The van der Waals surface area contributed by atoms with Crippen LogP contribution in [0.3, 0.4) is 0 Å². The van der Waals surface area contributed by atoms with Gasteiger partial charge in [-0.2, -0.15) is 26.3 Å². The normalized spacial score (nSPS) is 14.1. The van der Waals surface area contributed by atoms with E-state index in [4.69, 9.17) is 11.6 Å². The van der Waals surface area contributed by atoms with Gasteiger partial charge in [0.1, 0.15) is 5.75 Å². The van der Waals surface area contributed by atoms with Crippen LogP contribution in [0.5, 0.6) is 5.75 Å². The molecule has 0 saturated carbocycles. The van der Waals surface area contributed by atoms with E-state index in [1.807, 2.05) is 5.32 Å². The predicted molar refractivity (Wildman–Crippen MR) is 94.4 cm³/mol. The van der Waals surface area contributed by atoms with Crippen LogP contribution in [0.25, 0.3) is 0 Å². The summed E-state index contributed by atoms with van der Waals surface area (Å²) < 4.78 is 98.1. The highest BCUT2D eigenvalue weighted by Crippen LogP contribution is 2.45. The van der Waals surface area contributed by atoms with Gasteiger partial charge in [-0.15, -0.1) is 4.67 Å². The van der Waals surface area contributed by atoms with Crippen molar-refractivity contribution in [3.63, 3.8) is 0 Å². The van der Waals surface area contributed by atoms with E-state index in [2.05, 4.69) is 14.1 Å². The minimum Gasteiger partial charge on any atom is -0.402 e. The molecule has 0 spiro atoms. The summed E-state index contributed by atoms with van der Waals surface area (Å²) in [7, 11) is -4.00. The summed E-state index contributed by atoms with van der Waals surface area (Å²) in [5.41, 5.74) is -4.76. The molecule has 2 rings (SSSR count). The molecule has 7 nitrogen and oxygen atoms in total. The van der Waals surface area contributed by atoms with Crippen molar-refractivity contribution in [2.45, 2.75) is 12.4 Å². The second kappa shape index (κ2) is 9.05. The van der Waals surface area contributed by atoms with Gasteiger partial charge in [0.2, 0.25) is 0 Å². The summed E-state index contributed by atoms with van der Waals surface area (Å²) in [6.07, 6.45) is -10.3. The minimum absolute atomic E-state index is 0.0991. The monoisotopic (exact) mass is 493 g/mol. The zero-order chi connectivity index (χ0) is 23.6. The van der Waals surface area contributed by atoms with Gasteiger partial charge < -0.3 is 9.84 Å². The number of anilines is 1. The Kier molecular flexibility index (Phi) is 7.28. The standard InChI is InChI=1S/C16H11ClF6NO6P/c1-28-30-31(26,27)29-13-3-2-10(17)7-12(13)14(25)24-11-5-8(15(18,19)20)4-9(6-11)16(21,22)23/h2-7H,1H3,(H,24,25)(H,26,27). The second-order valence-corrected chi connectivity index (χ2v) is 7.40. The highest BCUT2D eigenvalue weighted by atomic mass is 35.5. The van der Waals surface area contributed by atoms with Crippen LogP contribution in [0.4, 0.5) is 32.0 Å². The highest BCUT2D eigenvalue weighted by molar-refractivity contribution is 7.47. The smallest absolute Gasteiger partial charge is 0.402 e. The molecule has 0 fully saturated rings. The van der Waals surface area contributed by atoms with E-state index in [-0.39, 0.29) is 23.2 Å². The molecule has 1 amide bonds. The van der Waals surface area contributed by atoms with Crippen molar-refractivity contribution in [2.24, 2.45) is 0 Å². The first-order valence-electron chi connectivity index (χ1n) is 7.77. The van der Waals surface area contributed by atoms with Gasteiger partial charge in [0.05, 0.1) is 23.8 Å². The molecule has 2 aromatic carbocycles. The zero-order valence-electron chi connectivity index (χ0n) is 15.0. The molecule has 15 heteroatoms. The number of nitrogens with one attached hydrogen (secondary N) is 1. The number of phosphoric acid groups is 1. The maximum absolute atomic E-state index is 13.0. The Hall–Kier alpha value is -2.31. The van der Waals surface area contributed by atoms with Gasteiger partial charge in [-0.1, -0.05) is 11.6 Å². The van der Waals surface area contributed by atoms with Crippen LogP contribution in [0.15, 0.2) is 36.4 Å². The average Bonchev–Trinajstić information content (AvgIpc) is 2.61. The summed E-state index contributed by atoms with van der Waals surface area (Å²) in [6.45, 7) is 0. The molecule has 0 bridgehead atoms. The zero-order valence-corrected chi connectivity index (χ0v) is 16.7. The first-order chi connectivity index (χ1) is 14.1. The van der Waals surface area contributed by atoms with Gasteiger partial charge in [-0.25, -0.2) is 9.45 Å². The SMILES string of the molecule is COOP(=O)(O)Oc1ccc(Cl)cc1C(=O)Nc1cc(C(F)(F)F)cc(C(F)(F)F)c1. The summed E-state index contributed by atoms with van der Waals surface area (Å²) in [6, 6.07) is 3.43. The third-order valence-electron chi connectivity index (χ3n) is 3.41. The van der Waals surface area contributed by atoms with E-state index >= 15 is 0 Å². The van der Waals surface area contributed by atoms with Crippen LogP contribution in [-0.4, -0.2) is 17.9 Å². The van der Waals surface area contributed by atoms with E-state index in [0.717, 1.165) is 25.3 Å². The summed E-state index contributed by atoms with van der Waals surface area (Å²) in [4.78, 5) is 26.0. The number of halogens is 7. The van der Waals surface area contributed by atoms with E-state index in [9.17, 15) is 40.6 Å². The fourth-order valence-electron chi connectivity index (χ4n) is 2.22. The van der Waals surface area contributed by atoms with E-state index in [1.54, 1.807) is 0 Å². The van der Waals surface area contributed by atoms with Gasteiger partial charge in [0, 0.05) is 10.7 Å². The van der Waals surface area contributed by atoms with Gasteiger partial charge in [0.25, 0.3) is 5.91 Å². The lowest BCUT2D eigenvalue weighted by atomic mass is 10.1. The molecule has 2 N–H and O–H groups in total. The Morgan fingerprint density at radius 3 is 2.06 bits per heavy atom. The largest absolute Gasteiger partial charge is 0.555 e. The predicted octanol–water partition coefficient (Wildman–Crippen LogP) is 5.69. The van der Waals surface area contributed by atoms with E-state index < -0.39 is 54.2 Å². The second-order valence-electron chi connectivity index (χ2n) is 5.69. The number of carbonyl (C=O) groups is 1. The Morgan fingerprint density at radius 2 is 1.58 bits per heavy atom. The Balaban J connectivity index is 2.46. The fraction of sp³-hybridized carbons (Fsp3) is 0.188. The van der Waals surface area contributed by atoms with Crippen molar-refractivity contribution in [1.82, 2.24) is 0 Å². The lowest BCUT2D eigenvalue weighted by Crippen LogP contribution is -2.16. The van der Waals surface area contributed by atoms with Crippen LogP contribution in [-0.2, 0) is 26.5 Å². The fourth-order valence-corrected chi connectivity index (χ4v) is 3.02. The number of benzene rings is 2. The number of hydrogen-bond donors (Lipinski definition) is 2. The van der Waals surface area contributed by atoms with Crippen LogP contribution >= 0.6 is 19.4 Å². The van der Waals surface area contributed by atoms with Crippen molar-refractivity contribution in [1.29, 1.82) is 0 Å². The lowest BCUT2D eigenvalue weighted by molar-refractivity contribution is -0.193. The van der Waals surface area contributed by atoms with Crippen LogP contribution < -0.4 is 9.84 Å². The van der Waals surface area contributed by atoms with Gasteiger partial charge in [-0.05, 0) is 36.4 Å². The molecule has 0 aliphatic carbocycles. The number of alkyl halides is 6. The molecule has 0 saturated heterocycles. The molecule has 0 aliphatic heterocycles. The topological polar surface area (TPSA) is 94.1 Å². The third kappa shape index (κ3) is 6.84. The number of amides is 1. The molecule has 1 atom stereocenters. The number of hydrogen-bond acceptors (Lipinski definition) is 5. The molecule has 0 aliphatic rings. The highest BCUT2D eigenvalue weighted by Gasteiger charge is 2.37. The van der Waals surface area contributed by atoms with Crippen molar-refractivity contribution < 1.29 is 54.7 Å². The molecule has 170 valence electrons. The van der Waals surface area contributed by atoms with Crippen LogP contribution in [0, 0.1) is 0 Å². The first kappa shape index (κ1) is 25.0. The van der Waals surface area contributed by atoms with Crippen molar-refractivity contribution in [2.75, 3.05) is 12.4 Å². The van der Waals surface area contributed by atoms with Gasteiger partial charge in [0.15, 0.2) is 0 Å². The summed E-state index contributed by atoms with van der Waals surface area (Å²) in [5, 5.41) is 1.75. The molecule has 0 radical (unpaired) electrons. The maximum atomic E-state index is 13.0. The van der Waals surface area contributed by atoms with Crippen LogP contribution in [0.1, 0.15) is 21.5 Å². The quantitative estimate of drug-likeness (QED) is 0.232. The molecule has 1 unspecified atom stereocenters. The van der Waals surface area contributed by atoms with E-state index in [0.29, 0.717) is 0 Å². The van der Waals surface area contributed by atoms with Crippen LogP contribution in [0.2, 0.25) is 5.02 Å². The number of phosphoric ester groups is 1. The molecule has 0 aromatic heterocycles. The van der Waals surface area contributed by atoms with Gasteiger partial charge >= 0.3 is 20.2 Å². The summed E-state index contributed by atoms with van der Waals surface area (Å²) in [5.74, 6) is -1.91. The maximum Gasteiger partial charge on any atom is 0.555 e. The lowest BCUT2D eigenvalue weighted by Gasteiger charge is -2.16. The number of rotatable bonds is 6. The Bertz CT molecular complexity index is 996. The van der Waals surface area contributed by atoms with Gasteiger partial charge in [-0.3, -0.25) is 9.69 Å². The first-order valence-corrected chi connectivity index (χ1v) is 9.65. The third-order valence-corrected chi connectivity index (χ3v) is 4.41. The molecular weight excluding hydrogens is 483 g/mol. The Morgan fingerprint density at radius 1 is 1.03 bits per heavy atom. The van der Waals surface area contributed by atoms with E-state index in [1.165, 1.54) is 0 Å². The molecule has 31 heavy (non-hydrogen) atoms. The molecule has 2 aromatic rings. The summed E-state index contributed by atoms with van der Waals surface area (Å²) >= 11 is 5.75. The molecular formula is C16H11ClF6NO6P. The minimum atomic E-state index is -5.13. The Labute approximate surface area is 175 Å².